The molecule has 0 fully saturated rings. The Morgan fingerprint density at radius 1 is 1.46 bits per heavy atom. The first-order valence-electron chi connectivity index (χ1n) is 3.72. The molecule has 0 aromatic rings. The van der Waals surface area contributed by atoms with Gasteiger partial charge in [0.25, 0.3) is 0 Å². The molecule has 0 bridgehead atoms. The Labute approximate surface area is 77.7 Å². The number of allylic oxidation sites excluding steroid dienone is 1. The summed E-state index contributed by atoms with van der Waals surface area (Å²) in [5.74, 6) is 0.590. The van der Waals surface area contributed by atoms with Crippen LogP contribution >= 0.6 is 0 Å². The van der Waals surface area contributed by atoms with Gasteiger partial charge in [-0.3, -0.25) is 5.41 Å². The van der Waals surface area contributed by atoms with Crippen molar-refractivity contribution in [3.63, 3.8) is 0 Å². The minimum atomic E-state index is 0.241. The highest BCUT2D eigenvalue weighted by atomic mass is 15.0. The van der Waals surface area contributed by atoms with Crippen LogP contribution in [0.5, 0.6) is 0 Å². The zero-order chi connectivity index (χ0) is 10.4. The largest absolute Gasteiger partial charge is 0.401 e. The van der Waals surface area contributed by atoms with Crippen molar-refractivity contribution < 1.29 is 0 Å². The average Bonchev–Trinajstić information content (AvgIpc) is 2.01. The van der Waals surface area contributed by atoms with Crippen molar-refractivity contribution in [2.45, 2.75) is 13.8 Å². The Hall–Kier alpha value is -1.78. The van der Waals surface area contributed by atoms with E-state index >= 15 is 0 Å². The van der Waals surface area contributed by atoms with Gasteiger partial charge in [-0.15, -0.1) is 0 Å². The summed E-state index contributed by atoms with van der Waals surface area (Å²) in [7, 11) is 0. The molecule has 0 aliphatic heterocycles. The topological polar surface area (TPSA) is 100 Å². The molecular weight excluding hydrogens is 166 g/mol. The fourth-order valence-electron chi connectivity index (χ4n) is 0.625. The van der Waals surface area contributed by atoms with Crippen LogP contribution in [0.25, 0.3) is 0 Å². The lowest BCUT2D eigenvalue weighted by molar-refractivity contribution is 1.17. The molecule has 0 aliphatic rings. The number of hydrogen-bond donors (Lipinski definition) is 4. The third-order valence-electron chi connectivity index (χ3n) is 1.21. The molecule has 6 N–H and O–H groups in total. The van der Waals surface area contributed by atoms with Crippen LogP contribution in [-0.2, 0) is 0 Å². The predicted molar refractivity (Wildman–Crippen MR) is 55.2 cm³/mol. The first-order chi connectivity index (χ1) is 5.99. The van der Waals surface area contributed by atoms with Crippen LogP contribution in [0.4, 0.5) is 0 Å². The van der Waals surface area contributed by atoms with Gasteiger partial charge in [-0.25, -0.2) is 4.99 Å². The lowest BCUT2D eigenvalue weighted by Gasteiger charge is -2.08. The first-order valence-corrected chi connectivity index (χ1v) is 3.72. The molecule has 5 nitrogen and oxygen atoms in total. The number of nitrogens with one attached hydrogen (secondary N) is 2. The predicted octanol–water partition coefficient (Wildman–Crippen LogP) is 0.264. The summed E-state index contributed by atoms with van der Waals surface area (Å²) >= 11 is 0. The standard InChI is InChI=1S/C8H15N5/c1-4-12-8(13-6(3)10)7(11)5(2)9/h4H,1,9,11H2,2-3H3,(H2,10,12,13). The van der Waals surface area contributed by atoms with Crippen molar-refractivity contribution in [1.29, 1.82) is 5.41 Å². The highest BCUT2D eigenvalue weighted by molar-refractivity contribution is 6.07. The number of rotatable bonds is 2. The second-order valence-corrected chi connectivity index (χ2v) is 2.51. The Balaban J connectivity index is 4.83. The van der Waals surface area contributed by atoms with Crippen molar-refractivity contribution in [3.8, 4) is 0 Å². The van der Waals surface area contributed by atoms with Gasteiger partial charge in [0.1, 0.15) is 0 Å². The van der Waals surface area contributed by atoms with E-state index in [1.807, 2.05) is 0 Å². The zero-order valence-electron chi connectivity index (χ0n) is 7.89. The number of hydrogen-bond acceptors (Lipinski definition) is 4. The Morgan fingerprint density at radius 2 is 2.00 bits per heavy atom. The van der Waals surface area contributed by atoms with Gasteiger partial charge in [-0.05, 0) is 13.8 Å². The second kappa shape index (κ2) is 4.97. The maximum absolute atomic E-state index is 7.19. The molecule has 0 aromatic heterocycles. The van der Waals surface area contributed by atoms with E-state index in [1.165, 1.54) is 6.20 Å². The number of nitrogens with zero attached hydrogens (tertiary/aromatic N) is 1. The quantitative estimate of drug-likeness (QED) is 0.363. The minimum Gasteiger partial charge on any atom is -0.401 e. The fraction of sp³-hybridized carbons (Fsp3) is 0.250. The third kappa shape index (κ3) is 3.95. The van der Waals surface area contributed by atoms with E-state index < -0.39 is 0 Å². The van der Waals surface area contributed by atoms with Crippen LogP contribution in [0, 0.1) is 5.41 Å². The smallest absolute Gasteiger partial charge is 0.156 e. The Kier molecular flexibility index (Phi) is 4.29. The van der Waals surface area contributed by atoms with Gasteiger partial charge < -0.3 is 16.8 Å². The van der Waals surface area contributed by atoms with Gasteiger partial charge in [0.05, 0.1) is 11.5 Å². The maximum atomic E-state index is 7.19. The normalized spacial score (nSPS) is 13.2. The van der Waals surface area contributed by atoms with E-state index in [2.05, 4.69) is 16.9 Å². The van der Waals surface area contributed by atoms with Crippen LogP contribution < -0.4 is 16.8 Å². The first kappa shape index (κ1) is 11.2. The number of amidine groups is 2. The molecule has 0 aromatic carbocycles. The molecule has 0 heterocycles. The van der Waals surface area contributed by atoms with Crippen LogP contribution in [0.3, 0.4) is 0 Å². The molecule has 0 radical (unpaired) electrons. The van der Waals surface area contributed by atoms with Crippen molar-refractivity contribution in [2.24, 2.45) is 16.5 Å². The minimum absolute atomic E-state index is 0.241. The number of nitrogens with two attached hydrogens (primary N) is 2. The van der Waals surface area contributed by atoms with E-state index in [1.54, 1.807) is 13.8 Å². The fourth-order valence-corrected chi connectivity index (χ4v) is 0.625. The molecule has 0 aliphatic carbocycles. The summed E-state index contributed by atoms with van der Waals surface area (Å²) in [5, 5.41) is 9.85. The second-order valence-electron chi connectivity index (χ2n) is 2.51. The molecule has 0 amide bonds. The molecule has 0 atom stereocenters. The highest BCUT2D eigenvalue weighted by Crippen LogP contribution is 1.92. The highest BCUT2D eigenvalue weighted by Gasteiger charge is 2.04. The van der Waals surface area contributed by atoms with Crippen molar-refractivity contribution >= 4 is 11.7 Å². The van der Waals surface area contributed by atoms with Gasteiger partial charge in [0.2, 0.25) is 0 Å². The monoisotopic (exact) mass is 181 g/mol. The van der Waals surface area contributed by atoms with E-state index in [4.69, 9.17) is 16.9 Å². The van der Waals surface area contributed by atoms with Crippen LogP contribution in [0.1, 0.15) is 13.8 Å². The van der Waals surface area contributed by atoms with Gasteiger partial charge in [-0.2, -0.15) is 0 Å². The van der Waals surface area contributed by atoms with E-state index in [0.29, 0.717) is 17.2 Å². The Morgan fingerprint density at radius 3 is 2.31 bits per heavy atom. The van der Waals surface area contributed by atoms with Gasteiger partial charge >= 0.3 is 0 Å². The maximum Gasteiger partial charge on any atom is 0.156 e. The van der Waals surface area contributed by atoms with Gasteiger partial charge in [0.15, 0.2) is 5.84 Å². The summed E-state index contributed by atoms with van der Waals surface area (Å²) < 4.78 is 0. The molecule has 0 saturated heterocycles. The molecule has 13 heavy (non-hydrogen) atoms. The molecule has 72 valence electrons. The third-order valence-corrected chi connectivity index (χ3v) is 1.21. The van der Waals surface area contributed by atoms with Crippen LogP contribution in [0.2, 0.25) is 0 Å². The molecule has 0 spiro atoms. The summed E-state index contributed by atoms with van der Waals surface area (Å²) in [5.41, 5.74) is 11.9. The van der Waals surface area contributed by atoms with E-state index in [-0.39, 0.29) is 5.84 Å². The van der Waals surface area contributed by atoms with Crippen molar-refractivity contribution in [3.05, 3.63) is 24.2 Å². The van der Waals surface area contributed by atoms with Gasteiger partial charge in [-0.1, -0.05) is 6.58 Å². The lowest BCUT2D eigenvalue weighted by Crippen LogP contribution is -2.33. The van der Waals surface area contributed by atoms with Crippen LogP contribution in [0.15, 0.2) is 29.2 Å². The Bertz CT molecular complexity index is 270. The SMILES string of the molecule is C=CN=C(NC(C)=N)C(N)=C(C)N. The molecule has 5 heteroatoms. The zero-order valence-corrected chi connectivity index (χ0v) is 7.89. The average molecular weight is 181 g/mol. The van der Waals surface area contributed by atoms with E-state index in [0.717, 1.165) is 0 Å². The summed E-state index contributed by atoms with van der Waals surface area (Å²) in [6, 6.07) is 0. The van der Waals surface area contributed by atoms with Gasteiger partial charge in [0, 0.05) is 11.9 Å². The molecule has 0 saturated carbocycles. The van der Waals surface area contributed by atoms with Crippen LogP contribution in [-0.4, -0.2) is 11.7 Å². The van der Waals surface area contributed by atoms with Crippen molar-refractivity contribution in [1.82, 2.24) is 5.32 Å². The van der Waals surface area contributed by atoms with Crippen molar-refractivity contribution in [2.75, 3.05) is 0 Å². The summed E-state index contributed by atoms with van der Waals surface area (Å²) in [6.07, 6.45) is 1.33. The number of aliphatic imine (C=N–C) groups is 1. The summed E-state index contributed by atoms with van der Waals surface area (Å²) in [4.78, 5) is 3.85. The molecule has 0 unspecified atom stereocenters. The molecule has 0 rings (SSSR count). The summed E-state index contributed by atoms with van der Waals surface area (Å²) in [6.45, 7) is 6.68. The lowest BCUT2D eigenvalue weighted by atomic mass is 10.3. The molecular formula is C8H15N5. The van der Waals surface area contributed by atoms with E-state index in [9.17, 15) is 0 Å².